The normalized spacial score (nSPS) is 16.3. The van der Waals surface area contributed by atoms with Crippen LogP contribution >= 0.6 is 0 Å². The van der Waals surface area contributed by atoms with E-state index in [2.05, 4.69) is 67.1 Å². The van der Waals surface area contributed by atoms with E-state index in [1.807, 2.05) is 30.3 Å². The molecule has 1 saturated heterocycles. The van der Waals surface area contributed by atoms with Crippen molar-refractivity contribution in [1.82, 2.24) is 9.80 Å². The Morgan fingerprint density at radius 1 is 0.935 bits per heavy atom. The van der Waals surface area contributed by atoms with Gasteiger partial charge in [0.2, 0.25) is 5.91 Å². The first-order chi connectivity index (χ1) is 14.9. The first kappa shape index (κ1) is 23.0. The second-order valence-electron chi connectivity index (χ2n) is 8.92. The maximum Gasteiger partial charge on any atom is 0.238 e. The second-order valence-corrected chi connectivity index (χ2v) is 8.92. The molecule has 1 heterocycles. The van der Waals surface area contributed by atoms with E-state index in [1.54, 1.807) is 0 Å². The lowest BCUT2D eigenvalue weighted by atomic mass is 9.92. The number of carbonyl (C=O) groups excluding carboxylic acids is 1. The highest BCUT2D eigenvalue weighted by atomic mass is 16.2. The molecule has 1 amide bonds. The van der Waals surface area contributed by atoms with Crippen LogP contribution in [0.1, 0.15) is 62.3 Å². The maximum atomic E-state index is 12.9. The summed E-state index contributed by atoms with van der Waals surface area (Å²) in [6, 6.07) is 18.4. The SMILES string of the molecule is CC(C)c1cccc(C(C)C)c1NC(=O)CN1CCN([C@@H](C#N)c2ccccc2)CC1. The number of carbonyl (C=O) groups is 1. The molecule has 0 aliphatic carbocycles. The van der Waals surface area contributed by atoms with Crippen molar-refractivity contribution in [3.05, 3.63) is 65.2 Å². The summed E-state index contributed by atoms with van der Waals surface area (Å²) in [5.74, 6) is 0.722. The molecule has 0 unspecified atom stereocenters. The third kappa shape index (κ3) is 5.72. The Morgan fingerprint density at radius 3 is 2.03 bits per heavy atom. The molecular weight excluding hydrogens is 384 g/mol. The minimum Gasteiger partial charge on any atom is -0.324 e. The maximum absolute atomic E-state index is 12.9. The Morgan fingerprint density at radius 2 is 1.52 bits per heavy atom. The monoisotopic (exact) mass is 418 g/mol. The molecule has 0 radical (unpaired) electrons. The van der Waals surface area contributed by atoms with Crippen LogP contribution in [0.2, 0.25) is 0 Å². The van der Waals surface area contributed by atoms with Crippen LogP contribution < -0.4 is 5.32 Å². The fraction of sp³-hybridized carbons (Fsp3) is 0.462. The minimum absolute atomic E-state index is 0.0309. The van der Waals surface area contributed by atoms with E-state index in [0.717, 1.165) is 37.4 Å². The largest absolute Gasteiger partial charge is 0.324 e. The average molecular weight is 419 g/mol. The lowest BCUT2D eigenvalue weighted by Crippen LogP contribution is -2.49. The van der Waals surface area contributed by atoms with Gasteiger partial charge in [-0.1, -0.05) is 76.2 Å². The summed E-state index contributed by atoms with van der Waals surface area (Å²) < 4.78 is 0. The van der Waals surface area contributed by atoms with E-state index in [0.29, 0.717) is 18.4 Å². The first-order valence-electron chi connectivity index (χ1n) is 11.2. The highest BCUT2D eigenvalue weighted by molar-refractivity contribution is 5.94. The van der Waals surface area contributed by atoms with Crippen LogP contribution in [0.25, 0.3) is 0 Å². The van der Waals surface area contributed by atoms with Crippen LogP contribution in [0.15, 0.2) is 48.5 Å². The van der Waals surface area contributed by atoms with Gasteiger partial charge in [-0.15, -0.1) is 0 Å². The number of para-hydroxylation sites is 1. The molecule has 1 aliphatic heterocycles. The summed E-state index contributed by atoms with van der Waals surface area (Å²) in [6.45, 7) is 12.1. The van der Waals surface area contributed by atoms with E-state index >= 15 is 0 Å². The molecule has 1 N–H and O–H groups in total. The van der Waals surface area contributed by atoms with Gasteiger partial charge in [-0.2, -0.15) is 5.26 Å². The van der Waals surface area contributed by atoms with E-state index in [4.69, 9.17) is 0 Å². The van der Waals surface area contributed by atoms with Gasteiger partial charge in [0.1, 0.15) is 6.04 Å². The standard InChI is InChI=1S/C26H34N4O/c1-19(2)22-11-8-12-23(20(3)4)26(22)28-25(31)18-29-13-15-30(16-14-29)24(17-27)21-9-6-5-7-10-21/h5-12,19-20,24H,13-16,18H2,1-4H3,(H,28,31)/t24-/m0/s1. The molecule has 0 saturated carbocycles. The zero-order valence-electron chi connectivity index (χ0n) is 19.1. The Bertz CT molecular complexity index is 882. The van der Waals surface area contributed by atoms with Crippen molar-refractivity contribution in [2.75, 3.05) is 38.0 Å². The fourth-order valence-corrected chi connectivity index (χ4v) is 4.26. The fourth-order valence-electron chi connectivity index (χ4n) is 4.26. The Hall–Kier alpha value is -2.68. The van der Waals surface area contributed by atoms with Crippen LogP contribution in [0, 0.1) is 11.3 Å². The number of nitrogens with zero attached hydrogens (tertiary/aromatic N) is 3. The van der Waals surface area contributed by atoms with Gasteiger partial charge in [-0.05, 0) is 28.5 Å². The average Bonchev–Trinajstić information content (AvgIpc) is 2.76. The van der Waals surface area contributed by atoms with Crippen molar-refractivity contribution in [3.8, 4) is 6.07 Å². The zero-order valence-corrected chi connectivity index (χ0v) is 19.1. The zero-order chi connectivity index (χ0) is 22.4. The van der Waals surface area contributed by atoms with Crippen molar-refractivity contribution in [2.45, 2.75) is 45.6 Å². The summed E-state index contributed by atoms with van der Waals surface area (Å²) in [5.41, 5.74) is 4.38. The number of nitrogens with one attached hydrogen (secondary N) is 1. The third-order valence-corrected chi connectivity index (χ3v) is 6.01. The second kappa shape index (κ2) is 10.6. The Labute approximate surface area is 186 Å². The number of nitriles is 1. The molecule has 5 nitrogen and oxygen atoms in total. The molecular formula is C26H34N4O. The summed E-state index contributed by atoms with van der Waals surface area (Å²) in [7, 11) is 0. The van der Waals surface area contributed by atoms with Crippen LogP contribution in [0.3, 0.4) is 0 Å². The summed E-state index contributed by atoms with van der Waals surface area (Å²) in [5, 5.41) is 12.9. The number of benzene rings is 2. The predicted octanol–water partition coefficient (Wildman–Crippen LogP) is 4.75. The molecule has 0 aromatic heterocycles. The van der Waals surface area contributed by atoms with E-state index < -0.39 is 0 Å². The number of hydrogen-bond acceptors (Lipinski definition) is 4. The lowest BCUT2D eigenvalue weighted by Gasteiger charge is -2.36. The van der Waals surface area contributed by atoms with Crippen LogP contribution in [0.4, 0.5) is 5.69 Å². The minimum atomic E-state index is -0.233. The molecule has 1 fully saturated rings. The molecule has 164 valence electrons. The van der Waals surface area contributed by atoms with Crippen molar-refractivity contribution < 1.29 is 4.79 Å². The summed E-state index contributed by atoms with van der Waals surface area (Å²) in [4.78, 5) is 17.3. The molecule has 1 aliphatic rings. The van der Waals surface area contributed by atoms with Crippen LogP contribution in [-0.2, 0) is 4.79 Å². The highest BCUT2D eigenvalue weighted by Crippen LogP contribution is 2.32. The van der Waals surface area contributed by atoms with Gasteiger partial charge in [-0.25, -0.2) is 0 Å². The van der Waals surface area contributed by atoms with Gasteiger partial charge >= 0.3 is 0 Å². The third-order valence-electron chi connectivity index (χ3n) is 6.01. The Kier molecular flexibility index (Phi) is 7.84. The number of piperazine rings is 1. The lowest BCUT2D eigenvalue weighted by molar-refractivity contribution is -0.117. The van der Waals surface area contributed by atoms with Crippen LogP contribution in [0.5, 0.6) is 0 Å². The van der Waals surface area contributed by atoms with E-state index in [9.17, 15) is 10.1 Å². The summed E-state index contributed by atoms with van der Waals surface area (Å²) in [6.07, 6.45) is 0. The quantitative estimate of drug-likeness (QED) is 0.705. The predicted molar refractivity (Wildman–Crippen MR) is 126 cm³/mol. The van der Waals surface area contributed by atoms with Crippen molar-refractivity contribution >= 4 is 11.6 Å². The molecule has 0 bridgehead atoms. The topological polar surface area (TPSA) is 59.4 Å². The van der Waals surface area contributed by atoms with Gasteiger partial charge in [-0.3, -0.25) is 14.6 Å². The van der Waals surface area contributed by atoms with E-state index in [1.165, 1.54) is 11.1 Å². The smallest absolute Gasteiger partial charge is 0.238 e. The summed E-state index contributed by atoms with van der Waals surface area (Å²) >= 11 is 0. The number of amides is 1. The van der Waals surface area contributed by atoms with Gasteiger partial charge in [0, 0.05) is 31.9 Å². The van der Waals surface area contributed by atoms with Crippen LogP contribution in [-0.4, -0.2) is 48.4 Å². The highest BCUT2D eigenvalue weighted by Gasteiger charge is 2.26. The molecule has 31 heavy (non-hydrogen) atoms. The first-order valence-corrected chi connectivity index (χ1v) is 11.2. The molecule has 3 rings (SSSR count). The van der Waals surface area contributed by atoms with Gasteiger partial charge < -0.3 is 5.32 Å². The molecule has 5 heteroatoms. The molecule has 2 aromatic rings. The van der Waals surface area contributed by atoms with Gasteiger partial charge in [0.25, 0.3) is 0 Å². The number of rotatable bonds is 7. The van der Waals surface area contributed by atoms with Gasteiger partial charge in [0.15, 0.2) is 0 Å². The van der Waals surface area contributed by atoms with Crippen molar-refractivity contribution in [2.24, 2.45) is 0 Å². The molecule has 0 spiro atoms. The molecule has 2 aromatic carbocycles. The molecule has 1 atom stereocenters. The van der Waals surface area contributed by atoms with Crippen molar-refractivity contribution in [3.63, 3.8) is 0 Å². The number of hydrogen-bond donors (Lipinski definition) is 1. The van der Waals surface area contributed by atoms with Crippen molar-refractivity contribution in [1.29, 1.82) is 5.26 Å². The van der Waals surface area contributed by atoms with E-state index in [-0.39, 0.29) is 11.9 Å². The Balaban J connectivity index is 1.61. The number of anilines is 1. The van der Waals surface area contributed by atoms with Gasteiger partial charge in [0.05, 0.1) is 12.6 Å².